The molecule has 0 aliphatic carbocycles. The van der Waals surface area contributed by atoms with Crippen LogP contribution in [-0.2, 0) is 12.7 Å². The first-order chi connectivity index (χ1) is 11.6. The third kappa shape index (κ3) is 4.49. The molecule has 25 heavy (non-hydrogen) atoms. The topological polar surface area (TPSA) is 62.5 Å². The number of benzene rings is 1. The quantitative estimate of drug-likeness (QED) is 0.839. The first-order valence-electron chi connectivity index (χ1n) is 7.57. The summed E-state index contributed by atoms with van der Waals surface area (Å²) in [7, 11) is 3.41. The largest absolute Gasteiger partial charge is 0.471 e. The summed E-state index contributed by atoms with van der Waals surface area (Å²) < 4.78 is 41.7. The van der Waals surface area contributed by atoms with Gasteiger partial charge in [-0.3, -0.25) is 0 Å². The van der Waals surface area contributed by atoms with Crippen LogP contribution in [0.2, 0.25) is 0 Å². The number of hydrogen-bond acceptors (Lipinski definition) is 4. The average molecular weight is 356 g/mol. The van der Waals surface area contributed by atoms with E-state index < -0.39 is 12.1 Å². The van der Waals surface area contributed by atoms with Gasteiger partial charge in [0.2, 0.25) is 5.82 Å². The number of amides is 2. The number of carbonyl (C=O) groups excluding carboxylic acids is 1. The van der Waals surface area contributed by atoms with Gasteiger partial charge in [-0.05, 0) is 19.4 Å². The first-order valence-corrected chi connectivity index (χ1v) is 7.57. The van der Waals surface area contributed by atoms with E-state index in [9.17, 15) is 18.0 Å². The van der Waals surface area contributed by atoms with E-state index in [2.05, 4.69) is 14.7 Å². The van der Waals surface area contributed by atoms with Crippen molar-refractivity contribution >= 4 is 6.03 Å². The zero-order chi connectivity index (χ0) is 18.8. The lowest BCUT2D eigenvalue weighted by molar-refractivity contribution is -0.159. The summed E-state index contributed by atoms with van der Waals surface area (Å²) in [5.41, 5.74) is 1.23. The molecule has 0 aliphatic heterocycles. The Kier molecular flexibility index (Phi) is 5.34. The Labute approximate surface area is 143 Å². The van der Waals surface area contributed by atoms with Crippen LogP contribution in [0.25, 0.3) is 11.4 Å². The Morgan fingerprint density at radius 3 is 2.28 bits per heavy atom. The predicted molar refractivity (Wildman–Crippen MR) is 84.5 cm³/mol. The van der Waals surface area contributed by atoms with Gasteiger partial charge in [0.25, 0.3) is 0 Å². The van der Waals surface area contributed by atoms with Gasteiger partial charge < -0.3 is 14.3 Å². The third-order valence-corrected chi connectivity index (χ3v) is 3.70. The molecule has 136 valence electrons. The van der Waals surface area contributed by atoms with E-state index in [0.717, 1.165) is 5.56 Å². The van der Waals surface area contributed by atoms with Gasteiger partial charge in [0.1, 0.15) is 0 Å². The lowest BCUT2D eigenvalue weighted by Gasteiger charge is -2.27. The fraction of sp³-hybridized carbons (Fsp3) is 0.438. The van der Waals surface area contributed by atoms with E-state index in [1.165, 1.54) is 0 Å². The molecular weight excluding hydrogens is 337 g/mol. The second kappa shape index (κ2) is 7.12. The number of halogens is 3. The molecule has 2 rings (SSSR count). The molecule has 0 radical (unpaired) electrons. The van der Waals surface area contributed by atoms with Crippen LogP contribution in [0, 0.1) is 0 Å². The summed E-state index contributed by atoms with van der Waals surface area (Å²) in [6.07, 6.45) is -4.67. The van der Waals surface area contributed by atoms with Crippen LogP contribution in [0.4, 0.5) is 18.0 Å². The van der Waals surface area contributed by atoms with Crippen molar-refractivity contribution in [1.29, 1.82) is 0 Å². The fourth-order valence-electron chi connectivity index (χ4n) is 2.05. The highest BCUT2D eigenvalue weighted by Crippen LogP contribution is 2.29. The van der Waals surface area contributed by atoms with Crippen molar-refractivity contribution in [3.8, 4) is 11.4 Å². The minimum Gasteiger partial charge on any atom is -0.329 e. The maximum absolute atomic E-state index is 12.5. The lowest BCUT2D eigenvalue weighted by Crippen LogP contribution is -2.41. The highest BCUT2D eigenvalue weighted by molar-refractivity contribution is 5.74. The molecule has 2 amide bonds. The number of carbonyl (C=O) groups is 1. The van der Waals surface area contributed by atoms with Crippen LogP contribution in [0.15, 0.2) is 28.8 Å². The lowest BCUT2D eigenvalue weighted by atomic mass is 10.1. The van der Waals surface area contributed by atoms with Crippen LogP contribution in [0.1, 0.15) is 25.3 Å². The van der Waals surface area contributed by atoms with Crippen LogP contribution < -0.4 is 0 Å². The summed E-state index contributed by atoms with van der Waals surface area (Å²) in [6.45, 7) is 4.21. The molecular formula is C16H19F3N4O2. The van der Waals surface area contributed by atoms with Crippen molar-refractivity contribution in [3.63, 3.8) is 0 Å². The molecule has 9 heteroatoms. The number of urea groups is 1. The van der Waals surface area contributed by atoms with Crippen molar-refractivity contribution in [2.24, 2.45) is 0 Å². The van der Waals surface area contributed by atoms with Gasteiger partial charge in [-0.25, -0.2) is 4.79 Å². The molecule has 1 aromatic carbocycles. The van der Waals surface area contributed by atoms with Crippen molar-refractivity contribution in [1.82, 2.24) is 19.9 Å². The molecule has 6 nitrogen and oxygen atoms in total. The number of rotatable bonds is 4. The number of nitrogens with zero attached hydrogens (tertiary/aromatic N) is 4. The Morgan fingerprint density at radius 2 is 1.80 bits per heavy atom. The fourth-order valence-corrected chi connectivity index (χ4v) is 2.05. The van der Waals surface area contributed by atoms with Crippen LogP contribution >= 0.6 is 0 Å². The summed E-state index contributed by atoms with van der Waals surface area (Å²) in [5.74, 6) is -1.52. The third-order valence-electron chi connectivity index (χ3n) is 3.70. The highest BCUT2D eigenvalue weighted by Gasteiger charge is 2.38. The monoisotopic (exact) mass is 356 g/mol. The van der Waals surface area contributed by atoms with Crippen molar-refractivity contribution in [3.05, 3.63) is 35.7 Å². The molecule has 0 saturated carbocycles. The number of alkyl halides is 3. The van der Waals surface area contributed by atoms with Crippen LogP contribution in [0.5, 0.6) is 0 Å². The van der Waals surface area contributed by atoms with E-state index in [4.69, 9.17) is 0 Å². The zero-order valence-corrected chi connectivity index (χ0v) is 14.3. The predicted octanol–water partition coefficient (Wildman–Crippen LogP) is 3.65. The smallest absolute Gasteiger partial charge is 0.329 e. The standard InChI is InChI=1S/C16H19F3N4O2/c1-10(2)23(4)15(24)22(3)9-11-5-7-12(8-6-11)13-20-14(25-21-13)16(17,18)19/h5-8,10H,9H2,1-4H3. The Hall–Kier alpha value is -2.58. The SMILES string of the molecule is CC(C)N(C)C(=O)N(C)Cc1ccc(-c2noc(C(F)(F)F)n2)cc1. The molecule has 2 aromatic rings. The molecule has 1 heterocycles. The van der Waals surface area contributed by atoms with Gasteiger partial charge >= 0.3 is 18.1 Å². The second-order valence-electron chi connectivity index (χ2n) is 5.96. The summed E-state index contributed by atoms with van der Waals surface area (Å²) >= 11 is 0. The summed E-state index contributed by atoms with van der Waals surface area (Å²) in [5, 5.41) is 3.34. The highest BCUT2D eigenvalue weighted by atomic mass is 19.4. The summed E-state index contributed by atoms with van der Waals surface area (Å²) in [6, 6.07) is 6.55. The zero-order valence-electron chi connectivity index (χ0n) is 14.3. The van der Waals surface area contributed by atoms with Crippen molar-refractivity contribution in [2.45, 2.75) is 32.6 Å². The molecule has 0 aliphatic rings. The van der Waals surface area contributed by atoms with E-state index in [0.29, 0.717) is 12.1 Å². The van der Waals surface area contributed by atoms with Crippen molar-refractivity contribution < 1.29 is 22.5 Å². The van der Waals surface area contributed by atoms with E-state index in [1.807, 2.05) is 13.8 Å². The Morgan fingerprint density at radius 1 is 1.20 bits per heavy atom. The molecule has 0 N–H and O–H groups in total. The first kappa shape index (κ1) is 18.8. The maximum Gasteiger partial charge on any atom is 0.471 e. The molecule has 0 fully saturated rings. The van der Waals surface area contributed by atoms with E-state index >= 15 is 0 Å². The van der Waals surface area contributed by atoms with Crippen LogP contribution in [-0.4, -0.2) is 46.1 Å². The second-order valence-corrected chi connectivity index (χ2v) is 5.96. The normalized spacial score (nSPS) is 11.7. The minimum absolute atomic E-state index is 0.0818. The Balaban J connectivity index is 2.07. The van der Waals surface area contributed by atoms with Gasteiger partial charge in [-0.2, -0.15) is 18.2 Å². The van der Waals surface area contributed by atoms with Gasteiger partial charge in [0.05, 0.1) is 0 Å². The van der Waals surface area contributed by atoms with Crippen molar-refractivity contribution in [2.75, 3.05) is 14.1 Å². The summed E-state index contributed by atoms with van der Waals surface area (Å²) in [4.78, 5) is 18.7. The number of aromatic nitrogens is 2. The molecule has 0 atom stereocenters. The minimum atomic E-state index is -4.67. The molecule has 0 unspecified atom stereocenters. The van der Waals surface area contributed by atoms with Crippen LogP contribution in [0.3, 0.4) is 0 Å². The maximum atomic E-state index is 12.5. The van der Waals surface area contributed by atoms with Gasteiger partial charge in [0, 0.05) is 32.2 Å². The van der Waals surface area contributed by atoms with Gasteiger partial charge in [-0.1, -0.05) is 29.4 Å². The molecule has 1 aromatic heterocycles. The van der Waals surface area contributed by atoms with E-state index in [1.54, 1.807) is 48.2 Å². The molecule has 0 spiro atoms. The number of hydrogen-bond donors (Lipinski definition) is 0. The van der Waals surface area contributed by atoms with E-state index in [-0.39, 0.29) is 17.9 Å². The van der Waals surface area contributed by atoms with Gasteiger partial charge in [-0.15, -0.1) is 0 Å². The average Bonchev–Trinajstić information content (AvgIpc) is 3.04. The molecule has 0 bridgehead atoms. The Bertz CT molecular complexity index is 726. The molecule has 0 saturated heterocycles. The van der Waals surface area contributed by atoms with Gasteiger partial charge in [0.15, 0.2) is 0 Å².